The van der Waals surface area contributed by atoms with Gasteiger partial charge in [0, 0.05) is 16.3 Å². The van der Waals surface area contributed by atoms with Crippen LogP contribution in [0.1, 0.15) is 21.8 Å². The number of nitrogens with zero attached hydrogens (tertiary/aromatic N) is 2. The van der Waals surface area contributed by atoms with Crippen LogP contribution in [0.25, 0.3) is 11.4 Å². The highest BCUT2D eigenvalue weighted by atomic mass is 35.5. The number of benzene rings is 2. The van der Waals surface area contributed by atoms with Gasteiger partial charge >= 0.3 is 5.97 Å². The standard InChI is InChI=1S/C19H17ClN4O3S/c1-11-14(18(25)26-2)4-3-5-15(11)22-19(28)21-10-16-23-17(24-27-16)12-6-8-13(20)9-7-12/h3-9H,10H2,1-2H3,(H2,21,22,28). The van der Waals surface area contributed by atoms with Crippen LogP contribution in [0, 0.1) is 6.92 Å². The molecule has 3 aromatic rings. The van der Waals surface area contributed by atoms with E-state index in [2.05, 4.69) is 20.8 Å². The quantitative estimate of drug-likeness (QED) is 0.477. The third-order valence-electron chi connectivity index (χ3n) is 3.96. The van der Waals surface area contributed by atoms with E-state index in [4.69, 9.17) is 33.1 Å². The van der Waals surface area contributed by atoms with Crippen LogP contribution in [0.2, 0.25) is 5.02 Å². The molecule has 0 spiro atoms. The number of methoxy groups -OCH3 is 1. The lowest BCUT2D eigenvalue weighted by molar-refractivity contribution is 0.0600. The molecule has 0 fully saturated rings. The van der Waals surface area contributed by atoms with E-state index in [0.717, 1.165) is 11.1 Å². The highest BCUT2D eigenvalue weighted by Gasteiger charge is 2.13. The Labute approximate surface area is 172 Å². The number of nitrogens with one attached hydrogen (secondary N) is 2. The summed E-state index contributed by atoms with van der Waals surface area (Å²) in [5.74, 6) is 0.448. The Kier molecular flexibility index (Phi) is 6.23. The molecule has 0 aliphatic heterocycles. The second-order valence-electron chi connectivity index (χ2n) is 5.80. The van der Waals surface area contributed by atoms with Crippen LogP contribution in [0.3, 0.4) is 0 Å². The first-order chi connectivity index (χ1) is 13.5. The minimum Gasteiger partial charge on any atom is -0.465 e. The maximum atomic E-state index is 11.8. The maximum absolute atomic E-state index is 11.8. The average molecular weight is 417 g/mol. The van der Waals surface area contributed by atoms with E-state index in [1.807, 2.05) is 25.1 Å². The number of hydrogen-bond donors (Lipinski definition) is 2. The summed E-state index contributed by atoms with van der Waals surface area (Å²) >= 11 is 11.2. The zero-order valence-electron chi connectivity index (χ0n) is 15.2. The number of rotatable bonds is 5. The zero-order valence-corrected chi connectivity index (χ0v) is 16.7. The predicted octanol–water partition coefficient (Wildman–Crippen LogP) is 3.97. The van der Waals surface area contributed by atoms with Crippen LogP contribution < -0.4 is 10.6 Å². The number of hydrogen-bond acceptors (Lipinski definition) is 6. The Morgan fingerprint density at radius 1 is 1.25 bits per heavy atom. The van der Waals surface area contributed by atoms with E-state index >= 15 is 0 Å². The second kappa shape index (κ2) is 8.81. The van der Waals surface area contributed by atoms with Gasteiger partial charge in [-0.3, -0.25) is 0 Å². The van der Waals surface area contributed by atoms with Crippen molar-refractivity contribution in [2.45, 2.75) is 13.5 Å². The molecule has 0 saturated carbocycles. The molecule has 7 nitrogen and oxygen atoms in total. The fourth-order valence-electron chi connectivity index (χ4n) is 2.47. The molecule has 0 atom stereocenters. The van der Waals surface area contributed by atoms with E-state index < -0.39 is 5.97 Å². The molecule has 1 aromatic heterocycles. The highest BCUT2D eigenvalue weighted by Crippen LogP contribution is 2.20. The van der Waals surface area contributed by atoms with Gasteiger partial charge in [-0.1, -0.05) is 22.8 Å². The molecular formula is C19H17ClN4O3S. The Bertz CT molecular complexity index is 1000. The highest BCUT2D eigenvalue weighted by molar-refractivity contribution is 7.80. The number of carbonyl (C=O) groups is 1. The Morgan fingerprint density at radius 2 is 2.00 bits per heavy atom. The number of ether oxygens (including phenoxy) is 1. The van der Waals surface area contributed by atoms with Gasteiger partial charge in [-0.05, 0) is 61.1 Å². The van der Waals surface area contributed by atoms with E-state index in [1.165, 1.54) is 7.11 Å². The molecule has 9 heteroatoms. The molecule has 1 heterocycles. The van der Waals surface area contributed by atoms with Crippen molar-refractivity contribution in [2.24, 2.45) is 0 Å². The minimum absolute atomic E-state index is 0.252. The van der Waals surface area contributed by atoms with Crippen LogP contribution >= 0.6 is 23.8 Å². The fraction of sp³-hybridized carbons (Fsp3) is 0.158. The number of aromatic nitrogens is 2. The van der Waals surface area contributed by atoms with Crippen molar-refractivity contribution in [3.8, 4) is 11.4 Å². The van der Waals surface area contributed by atoms with Gasteiger partial charge in [0.2, 0.25) is 11.7 Å². The molecule has 0 radical (unpaired) electrons. The molecule has 0 unspecified atom stereocenters. The zero-order chi connectivity index (χ0) is 20.1. The maximum Gasteiger partial charge on any atom is 0.338 e. The lowest BCUT2D eigenvalue weighted by Crippen LogP contribution is -2.28. The van der Waals surface area contributed by atoms with E-state index in [1.54, 1.807) is 24.3 Å². The van der Waals surface area contributed by atoms with E-state index in [9.17, 15) is 4.79 Å². The van der Waals surface area contributed by atoms with E-state index in [0.29, 0.717) is 33.1 Å². The van der Waals surface area contributed by atoms with Crippen molar-refractivity contribution in [2.75, 3.05) is 12.4 Å². The van der Waals surface area contributed by atoms with E-state index in [-0.39, 0.29) is 6.54 Å². The summed E-state index contributed by atoms with van der Waals surface area (Å²) < 4.78 is 10.0. The second-order valence-corrected chi connectivity index (χ2v) is 6.64. The van der Waals surface area contributed by atoms with Gasteiger partial charge in [0.15, 0.2) is 5.11 Å². The molecule has 3 rings (SSSR count). The summed E-state index contributed by atoms with van der Waals surface area (Å²) in [5.41, 5.74) is 2.71. The van der Waals surface area contributed by atoms with Crippen molar-refractivity contribution in [3.63, 3.8) is 0 Å². The SMILES string of the molecule is COC(=O)c1cccc(NC(=S)NCc2nc(-c3ccc(Cl)cc3)no2)c1C. The normalized spacial score (nSPS) is 10.4. The summed E-state index contributed by atoms with van der Waals surface area (Å²) in [7, 11) is 1.34. The van der Waals surface area contributed by atoms with Crippen molar-refractivity contribution in [1.82, 2.24) is 15.5 Å². The number of thiocarbonyl (C=S) groups is 1. The number of anilines is 1. The first-order valence-corrected chi connectivity index (χ1v) is 9.08. The monoisotopic (exact) mass is 416 g/mol. The molecule has 2 aromatic carbocycles. The van der Waals surface area contributed by atoms with Crippen LogP contribution in [-0.4, -0.2) is 28.3 Å². The third-order valence-corrected chi connectivity index (χ3v) is 4.46. The fourth-order valence-corrected chi connectivity index (χ4v) is 2.78. The first kappa shape index (κ1) is 19.8. The van der Waals surface area contributed by atoms with Gasteiger partial charge in [-0.25, -0.2) is 4.79 Å². The molecular weight excluding hydrogens is 400 g/mol. The summed E-state index contributed by atoms with van der Waals surface area (Å²) in [4.78, 5) is 16.1. The number of halogens is 1. The minimum atomic E-state index is -0.402. The van der Waals surface area contributed by atoms with Crippen LogP contribution in [0.15, 0.2) is 47.0 Å². The molecule has 144 valence electrons. The number of carbonyl (C=O) groups excluding carboxylic acids is 1. The van der Waals surface area contributed by atoms with Gasteiger partial charge in [-0.15, -0.1) is 0 Å². The molecule has 0 amide bonds. The van der Waals surface area contributed by atoms with Gasteiger partial charge in [-0.2, -0.15) is 4.98 Å². The van der Waals surface area contributed by atoms with Crippen LogP contribution in [0.5, 0.6) is 0 Å². The Balaban J connectivity index is 1.61. The molecule has 2 N–H and O–H groups in total. The van der Waals surface area contributed by atoms with Gasteiger partial charge in [0.1, 0.15) is 0 Å². The predicted molar refractivity (Wildman–Crippen MR) is 110 cm³/mol. The Hall–Kier alpha value is -2.97. The summed E-state index contributed by atoms with van der Waals surface area (Å²) in [6.07, 6.45) is 0. The smallest absolute Gasteiger partial charge is 0.338 e. The molecule has 0 saturated heterocycles. The van der Waals surface area contributed by atoms with Crippen LogP contribution in [0.4, 0.5) is 5.69 Å². The van der Waals surface area contributed by atoms with Crippen molar-refractivity contribution in [3.05, 3.63) is 64.5 Å². The van der Waals surface area contributed by atoms with Crippen molar-refractivity contribution >= 4 is 40.6 Å². The van der Waals surface area contributed by atoms with Gasteiger partial charge in [0.25, 0.3) is 0 Å². The van der Waals surface area contributed by atoms with Crippen molar-refractivity contribution < 1.29 is 14.1 Å². The molecule has 0 aliphatic rings. The summed E-state index contributed by atoms with van der Waals surface area (Å²) in [6, 6.07) is 12.4. The van der Waals surface area contributed by atoms with Gasteiger partial charge < -0.3 is 19.9 Å². The largest absolute Gasteiger partial charge is 0.465 e. The average Bonchev–Trinajstić information content (AvgIpc) is 3.17. The Morgan fingerprint density at radius 3 is 2.71 bits per heavy atom. The summed E-state index contributed by atoms with van der Waals surface area (Å²) in [5, 5.41) is 11.0. The lowest BCUT2D eigenvalue weighted by atomic mass is 10.1. The van der Waals surface area contributed by atoms with Gasteiger partial charge in [0.05, 0.1) is 19.2 Å². The topological polar surface area (TPSA) is 89.3 Å². The molecule has 0 aliphatic carbocycles. The van der Waals surface area contributed by atoms with Crippen molar-refractivity contribution in [1.29, 1.82) is 0 Å². The van der Waals surface area contributed by atoms with Crippen LogP contribution in [-0.2, 0) is 11.3 Å². The number of esters is 1. The molecule has 0 bridgehead atoms. The lowest BCUT2D eigenvalue weighted by Gasteiger charge is -2.13. The summed E-state index contributed by atoms with van der Waals surface area (Å²) in [6.45, 7) is 2.07. The molecule has 28 heavy (non-hydrogen) atoms. The first-order valence-electron chi connectivity index (χ1n) is 8.29. The third kappa shape index (κ3) is 4.65.